The van der Waals surface area contributed by atoms with Crippen LogP contribution in [0.4, 0.5) is 0 Å². The van der Waals surface area contributed by atoms with Gasteiger partial charge in [-0.3, -0.25) is 10.0 Å². The number of amides is 1. The Morgan fingerprint density at radius 2 is 1.72 bits per heavy atom. The summed E-state index contributed by atoms with van der Waals surface area (Å²) in [6.45, 7) is 0.497. The Morgan fingerprint density at radius 3 is 2.55 bits per heavy atom. The molecule has 1 aliphatic rings. The third-order valence-electron chi connectivity index (χ3n) is 5.18. The standard InChI is InChI=1S/C24H23NO4/c26-24(25-27)19-10-9-18-11-12-23(14-20(18)13-19)29-22-8-4-7-21(15-22)28-16-17-5-2-1-3-6-17/h1-8,11-12,14-15,19,27H,9-10,13,16H2,(H,25,26). The zero-order valence-corrected chi connectivity index (χ0v) is 16.0. The van der Waals surface area contributed by atoms with Crippen molar-refractivity contribution in [1.82, 2.24) is 5.48 Å². The number of carbonyl (C=O) groups is 1. The van der Waals surface area contributed by atoms with Crippen molar-refractivity contribution >= 4 is 5.91 Å². The van der Waals surface area contributed by atoms with Crippen molar-refractivity contribution in [3.05, 3.63) is 89.5 Å². The summed E-state index contributed by atoms with van der Waals surface area (Å²) >= 11 is 0. The molecule has 3 aromatic rings. The normalized spacial score (nSPS) is 15.3. The molecule has 4 rings (SSSR count). The molecule has 0 bridgehead atoms. The van der Waals surface area contributed by atoms with Gasteiger partial charge in [0.1, 0.15) is 23.9 Å². The first-order valence-corrected chi connectivity index (χ1v) is 9.71. The number of hydrogen-bond acceptors (Lipinski definition) is 4. The number of benzene rings is 3. The first kappa shape index (κ1) is 19.0. The van der Waals surface area contributed by atoms with E-state index in [9.17, 15) is 4.79 Å². The summed E-state index contributed by atoms with van der Waals surface area (Å²) in [5.41, 5.74) is 5.18. The highest BCUT2D eigenvalue weighted by atomic mass is 16.5. The van der Waals surface area contributed by atoms with Gasteiger partial charge in [-0.05, 0) is 60.2 Å². The third kappa shape index (κ3) is 4.76. The topological polar surface area (TPSA) is 67.8 Å². The number of fused-ring (bicyclic) bond motifs is 1. The Labute approximate surface area is 169 Å². The fourth-order valence-electron chi connectivity index (χ4n) is 3.62. The molecule has 0 saturated carbocycles. The highest BCUT2D eigenvalue weighted by Gasteiger charge is 2.24. The molecule has 5 nitrogen and oxygen atoms in total. The second-order valence-corrected chi connectivity index (χ2v) is 7.20. The van der Waals surface area contributed by atoms with E-state index in [2.05, 4.69) is 0 Å². The number of nitrogens with one attached hydrogen (secondary N) is 1. The Bertz CT molecular complexity index is 987. The lowest BCUT2D eigenvalue weighted by Crippen LogP contribution is -2.31. The highest BCUT2D eigenvalue weighted by molar-refractivity contribution is 5.78. The number of hydroxylamine groups is 1. The maximum Gasteiger partial charge on any atom is 0.246 e. The van der Waals surface area contributed by atoms with Crippen molar-refractivity contribution in [3.8, 4) is 17.2 Å². The zero-order chi connectivity index (χ0) is 20.1. The summed E-state index contributed by atoms with van der Waals surface area (Å²) in [7, 11) is 0. The van der Waals surface area contributed by atoms with E-state index in [-0.39, 0.29) is 11.8 Å². The predicted octanol–water partition coefficient (Wildman–Crippen LogP) is 4.67. The number of aryl methyl sites for hydroxylation is 1. The molecule has 0 spiro atoms. The van der Waals surface area contributed by atoms with Crippen LogP contribution in [0, 0.1) is 5.92 Å². The fourth-order valence-corrected chi connectivity index (χ4v) is 3.62. The molecule has 0 heterocycles. The molecule has 0 fully saturated rings. The van der Waals surface area contributed by atoms with E-state index in [1.165, 1.54) is 5.56 Å². The lowest BCUT2D eigenvalue weighted by atomic mass is 9.83. The molecule has 5 heteroatoms. The first-order chi connectivity index (χ1) is 14.2. The van der Waals surface area contributed by atoms with Crippen LogP contribution in [0.2, 0.25) is 0 Å². The maximum absolute atomic E-state index is 11.7. The SMILES string of the molecule is O=C(NO)C1CCc2ccc(Oc3cccc(OCc4ccccc4)c3)cc2C1. The smallest absolute Gasteiger partial charge is 0.246 e. The number of hydrogen-bond donors (Lipinski definition) is 2. The molecule has 1 unspecified atom stereocenters. The number of rotatable bonds is 6. The highest BCUT2D eigenvalue weighted by Crippen LogP contribution is 2.31. The van der Waals surface area contributed by atoms with Gasteiger partial charge in [-0.2, -0.15) is 0 Å². The van der Waals surface area contributed by atoms with Gasteiger partial charge in [0.15, 0.2) is 0 Å². The van der Waals surface area contributed by atoms with Crippen LogP contribution in [0.25, 0.3) is 0 Å². The minimum absolute atomic E-state index is 0.211. The van der Waals surface area contributed by atoms with E-state index in [4.69, 9.17) is 14.7 Å². The summed E-state index contributed by atoms with van der Waals surface area (Å²) in [5.74, 6) is 1.61. The molecule has 0 aliphatic heterocycles. The molecule has 2 N–H and O–H groups in total. The quantitative estimate of drug-likeness (QED) is 0.475. The number of ether oxygens (including phenoxy) is 2. The number of carbonyl (C=O) groups excluding carboxylic acids is 1. The average molecular weight is 389 g/mol. The van der Waals surface area contributed by atoms with E-state index in [0.29, 0.717) is 24.5 Å². The summed E-state index contributed by atoms with van der Waals surface area (Å²) in [6.07, 6.45) is 2.15. The van der Waals surface area contributed by atoms with Crippen LogP contribution >= 0.6 is 0 Å². The van der Waals surface area contributed by atoms with Crippen LogP contribution in [-0.2, 0) is 24.2 Å². The Kier molecular flexibility index (Phi) is 5.77. The molecule has 0 radical (unpaired) electrons. The van der Waals surface area contributed by atoms with E-state index in [1.54, 1.807) is 5.48 Å². The Hall–Kier alpha value is -3.31. The van der Waals surface area contributed by atoms with Crippen LogP contribution in [0.5, 0.6) is 17.2 Å². The van der Waals surface area contributed by atoms with Crippen LogP contribution in [0.15, 0.2) is 72.8 Å². The molecule has 0 aromatic heterocycles. The van der Waals surface area contributed by atoms with Crippen LogP contribution in [0.3, 0.4) is 0 Å². The van der Waals surface area contributed by atoms with Crippen molar-refractivity contribution < 1.29 is 19.5 Å². The van der Waals surface area contributed by atoms with Gasteiger partial charge in [0.2, 0.25) is 5.91 Å². The van der Waals surface area contributed by atoms with Crippen LogP contribution < -0.4 is 15.0 Å². The first-order valence-electron chi connectivity index (χ1n) is 9.71. The van der Waals surface area contributed by atoms with Gasteiger partial charge in [-0.15, -0.1) is 0 Å². The summed E-state index contributed by atoms with van der Waals surface area (Å²) in [4.78, 5) is 11.7. The van der Waals surface area contributed by atoms with Crippen molar-refractivity contribution in [3.63, 3.8) is 0 Å². The summed E-state index contributed by atoms with van der Waals surface area (Å²) in [5, 5.41) is 8.89. The summed E-state index contributed by atoms with van der Waals surface area (Å²) in [6, 6.07) is 23.5. The molecular weight excluding hydrogens is 366 g/mol. The Balaban J connectivity index is 1.44. The molecular formula is C24H23NO4. The minimum atomic E-state index is -0.328. The van der Waals surface area contributed by atoms with Gasteiger partial charge < -0.3 is 9.47 Å². The molecule has 1 atom stereocenters. The molecule has 0 saturated heterocycles. The van der Waals surface area contributed by atoms with Gasteiger partial charge in [0.25, 0.3) is 0 Å². The monoisotopic (exact) mass is 389 g/mol. The van der Waals surface area contributed by atoms with Crippen molar-refractivity contribution in [2.45, 2.75) is 25.9 Å². The Morgan fingerprint density at radius 1 is 0.931 bits per heavy atom. The van der Waals surface area contributed by atoms with Crippen LogP contribution in [-0.4, -0.2) is 11.1 Å². The average Bonchev–Trinajstić information content (AvgIpc) is 2.77. The molecule has 1 amide bonds. The van der Waals surface area contributed by atoms with Crippen molar-refractivity contribution in [2.24, 2.45) is 5.92 Å². The van der Waals surface area contributed by atoms with Gasteiger partial charge in [0, 0.05) is 12.0 Å². The second kappa shape index (κ2) is 8.80. The largest absolute Gasteiger partial charge is 0.489 e. The van der Waals surface area contributed by atoms with Crippen LogP contribution in [0.1, 0.15) is 23.1 Å². The molecule has 3 aromatic carbocycles. The van der Waals surface area contributed by atoms with Gasteiger partial charge in [-0.25, -0.2) is 5.48 Å². The lowest BCUT2D eigenvalue weighted by Gasteiger charge is -2.23. The summed E-state index contributed by atoms with van der Waals surface area (Å²) < 4.78 is 11.9. The second-order valence-electron chi connectivity index (χ2n) is 7.20. The van der Waals surface area contributed by atoms with E-state index >= 15 is 0 Å². The van der Waals surface area contributed by atoms with E-state index in [0.717, 1.165) is 29.7 Å². The maximum atomic E-state index is 11.7. The zero-order valence-electron chi connectivity index (χ0n) is 16.0. The molecule has 148 valence electrons. The minimum Gasteiger partial charge on any atom is -0.489 e. The van der Waals surface area contributed by atoms with Gasteiger partial charge >= 0.3 is 0 Å². The van der Waals surface area contributed by atoms with E-state index in [1.807, 2.05) is 72.8 Å². The molecule has 1 aliphatic carbocycles. The molecule has 29 heavy (non-hydrogen) atoms. The van der Waals surface area contributed by atoms with Gasteiger partial charge in [0.05, 0.1) is 0 Å². The predicted molar refractivity (Wildman–Crippen MR) is 109 cm³/mol. The van der Waals surface area contributed by atoms with Crippen molar-refractivity contribution in [1.29, 1.82) is 0 Å². The van der Waals surface area contributed by atoms with Crippen molar-refractivity contribution in [2.75, 3.05) is 0 Å². The third-order valence-corrected chi connectivity index (χ3v) is 5.18. The van der Waals surface area contributed by atoms with E-state index < -0.39 is 0 Å². The van der Waals surface area contributed by atoms with Gasteiger partial charge in [-0.1, -0.05) is 42.5 Å². The fraction of sp³-hybridized carbons (Fsp3) is 0.208. The lowest BCUT2D eigenvalue weighted by molar-refractivity contribution is -0.133.